The first kappa shape index (κ1) is 108. The molecule has 18 rings (SSSR count). The fraction of sp³-hybridized carbons (Fsp3) is 0.290. The van der Waals surface area contributed by atoms with Crippen molar-refractivity contribution in [1.82, 2.24) is 94.7 Å². The Morgan fingerprint density at radius 1 is 0.347 bits per heavy atom. The molecular weight excluding hydrogens is 1970 g/mol. The molecule has 0 aliphatic heterocycles. The molecule has 5 unspecified atom stereocenters. The van der Waals surface area contributed by atoms with Gasteiger partial charge in [-0.1, -0.05) is 36.4 Å². The zero-order chi connectivity index (χ0) is 103. The average Bonchev–Trinajstić information content (AvgIpc) is 1.61. The van der Waals surface area contributed by atoms with Gasteiger partial charge >= 0.3 is 6.61 Å². The number of nitrogens with zero attached hydrogens (tertiary/aromatic N) is 13. The normalized spacial score (nSPS) is 12.5. The number of methoxy groups -OCH3 is 4. The minimum atomic E-state index is -2.92. The molecule has 18 aromatic rings. The van der Waals surface area contributed by atoms with Crippen molar-refractivity contribution >= 4 is 131 Å². The highest BCUT2D eigenvalue weighted by molar-refractivity contribution is 7.85. The lowest BCUT2D eigenvalue weighted by Gasteiger charge is -2.11. The van der Waals surface area contributed by atoms with Gasteiger partial charge in [0.2, 0.25) is 0 Å². The highest BCUT2D eigenvalue weighted by Gasteiger charge is 2.25. The van der Waals surface area contributed by atoms with Gasteiger partial charge in [0, 0.05) is 113 Å². The minimum Gasteiger partial charge on any atom is -0.496 e. The maximum Gasteiger partial charge on any atom is 0.387 e. The predicted molar refractivity (Wildman–Crippen MR) is 546 cm³/mol. The minimum absolute atomic E-state index is 0.00796. The van der Waals surface area contributed by atoms with Crippen molar-refractivity contribution in [3.8, 4) is 34.5 Å². The third kappa shape index (κ3) is 27.2. The number of hydrogen-bond donors (Lipinski definition) is 10. The number of hydrogen-bond acceptors (Lipinski definition) is 30. The summed E-state index contributed by atoms with van der Waals surface area (Å²) in [7, 11) is -1.68. The van der Waals surface area contributed by atoms with Crippen LogP contribution in [-0.4, -0.2) is 195 Å². The largest absolute Gasteiger partial charge is 0.496 e. The highest BCUT2D eigenvalue weighted by atomic mass is 32.2. The van der Waals surface area contributed by atoms with Gasteiger partial charge in [0.05, 0.1) is 261 Å². The summed E-state index contributed by atoms with van der Waals surface area (Å²) in [5.41, 5.74) is 23.6. The Balaban J connectivity index is 0.000000145. The first-order valence-corrected chi connectivity index (χ1v) is 52.8. The molecule has 5 aromatic carbocycles. The summed E-state index contributed by atoms with van der Waals surface area (Å²) in [5, 5.41) is 39.3. The summed E-state index contributed by atoms with van der Waals surface area (Å²) < 4.78 is 137. The third-order valence-electron chi connectivity index (χ3n) is 22.6. The zero-order valence-electron chi connectivity index (χ0n) is 81.3. The van der Waals surface area contributed by atoms with Crippen molar-refractivity contribution < 1.29 is 87.6 Å². The summed E-state index contributed by atoms with van der Waals surface area (Å²) in [6.45, 7) is 17.6. The summed E-state index contributed by atoms with van der Waals surface area (Å²) in [6.07, 6.45) is 10.9. The van der Waals surface area contributed by atoms with E-state index in [1.807, 2.05) is 130 Å². The molecule has 0 fully saturated rings. The number of aromatic amines is 6. The monoisotopic (exact) mass is 2080 g/mol. The molecule has 36 nitrogen and oxygen atoms in total. The van der Waals surface area contributed by atoms with Gasteiger partial charge in [-0.3, -0.25) is 55.2 Å². The van der Waals surface area contributed by atoms with Crippen LogP contribution in [0.15, 0.2) is 202 Å². The number of H-pyrrole nitrogens is 6. The van der Waals surface area contributed by atoms with Crippen LogP contribution in [0.1, 0.15) is 120 Å². The molecule has 0 saturated carbocycles. The highest BCUT2D eigenvalue weighted by Crippen LogP contribution is 2.33. The number of para-hydroxylation sites is 4. The molecule has 13 heterocycles. The van der Waals surface area contributed by atoms with E-state index < -0.39 is 71.4 Å². The van der Waals surface area contributed by atoms with Crippen LogP contribution in [0, 0.1) is 62.3 Å². The zero-order valence-corrected chi connectivity index (χ0v) is 86.2. The number of pyridine rings is 7. The van der Waals surface area contributed by atoms with Gasteiger partial charge in [-0.05, 0) is 177 Å². The van der Waals surface area contributed by atoms with E-state index in [4.69, 9.17) is 33.5 Å². The Labute approximate surface area is 841 Å². The lowest BCUT2D eigenvalue weighted by molar-refractivity contribution is -0.0497. The van der Waals surface area contributed by atoms with Gasteiger partial charge in [-0.2, -0.15) is 8.78 Å². The summed E-state index contributed by atoms with van der Waals surface area (Å²) in [5.74, 6) is 5.28. The maximum atomic E-state index is 12.7. The topological polar surface area (TPSA) is 510 Å². The number of nitrogens with one attached hydrogen (secondary N) is 6. The van der Waals surface area contributed by atoms with E-state index in [1.165, 1.54) is 18.2 Å². The van der Waals surface area contributed by atoms with Crippen molar-refractivity contribution in [3.63, 3.8) is 0 Å². The molecule has 0 spiro atoms. The number of halogens is 2. The molecule has 0 saturated heterocycles. The Morgan fingerprint density at radius 3 is 1.11 bits per heavy atom. The smallest absolute Gasteiger partial charge is 0.387 e. The first-order chi connectivity index (χ1) is 69.4. The second kappa shape index (κ2) is 51.0. The number of ether oxygens (including phenoxy) is 7. The molecule has 0 amide bonds. The molecule has 10 N–H and O–H groups in total. The molecule has 0 radical (unpaired) electrons. The van der Waals surface area contributed by atoms with Crippen molar-refractivity contribution in [2.24, 2.45) is 0 Å². The number of aliphatic hydroxyl groups is 4. The fourth-order valence-corrected chi connectivity index (χ4v) is 21.5. The molecule has 6 atom stereocenters. The van der Waals surface area contributed by atoms with E-state index in [0.717, 1.165) is 163 Å². The molecular formula is C100H109F2N19O17S6. The molecule has 13 aromatic heterocycles. The van der Waals surface area contributed by atoms with Crippen LogP contribution in [-0.2, 0) is 130 Å². The predicted octanol–water partition coefficient (Wildman–Crippen LogP) is 15.2. The van der Waals surface area contributed by atoms with Gasteiger partial charge in [-0.15, -0.1) is 0 Å². The average molecular weight is 2080 g/mol. The van der Waals surface area contributed by atoms with Crippen LogP contribution in [0.5, 0.6) is 34.5 Å². The molecule has 44 heteroatoms. The molecule has 144 heavy (non-hydrogen) atoms. The van der Waals surface area contributed by atoms with E-state index in [9.17, 15) is 49.4 Å². The number of aliphatic hydroxyl groups excluding tert-OH is 4. The van der Waals surface area contributed by atoms with Crippen LogP contribution in [0.2, 0.25) is 0 Å². The third-order valence-corrected chi connectivity index (χ3v) is 29.6. The number of alkyl halides is 2. The number of imidazole rings is 6. The second-order valence-corrected chi connectivity index (χ2v) is 40.6. The van der Waals surface area contributed by atoms with Crippen LogP contribution in [0.25, 0.3) is 66.3 Å². The maximum absolute atomic E-state index is 12.7. The Morgan fingerprint density at radius 2 is 0.715 bits per heavy atom. The standard InChI is InChI=1S/C18H21N3O3S.2C17H19N3O3S.C16H15F2N3O3S.C16H18N4O3S.C16H17N3O2S/c1-13-16(19-9-8-17(13)24-11-5-10-23-2)12-25(22)18-20-14-6-3-4-7-15(14)21-18;2*1-10-7-18-15(11(2)16(10)23-3)9-24(22)17-19-13-5-4-12(8-21)6-14(13)20-17;1-9-4-5-19-14(11(9)7-22)8-25(23)16-20-12-3-2-10(24-15(17)18)6-13(12)21-16;1-9-6-17-13(10(2)14(9)23-3)8-24(22)16-19-12-5-4-11(7-21)18-15(12)20-16;1-3-21-15-8-9-17-14(11(15)2)10-22(20)16-18-12-6-4-5-7-13(12)19-16/h3-4,6-9H,5,10-12H2,1-2H3,(H,20,21);2*4-7,21H,8-9H2,1-3H3,(H,19,20);2-6,15,22H,7-8H2,1H3,(H,20,21);4-6,21H,7-8H2,1-3H3,(H,18,19,20);4-9H,3,10H2,1-2H3,(H,18,19)/t;24-;;;;/m.0..../s1. The van der Waals surface area contributed by atoms with Crippen molar-refractivity contribution in [2.45, 2.75) is 174 Å². The van der Waals surface area contributed by atoms with E-state index >= 15 is 0 Å². The Kier molecular flexibility index (Phi) is 38.1. The van der Waals surface area contributed by atoms with E-state index in [1.54, 1.807) is 120 Å². The summed E-state index contributed by atoms with van der Waals surface area (Å²) in [4.78, 5) is 74.5. The Hall–Kier alpha value is -13.7. The van der Waals surface area contributed by atoms with Crippen molar-refractivity contribution in [1.29, 1.82) is 0 Å². The van der Waals surface area contributed by atoms with Gasteiger partial charge in [0.1, 0.15) is 34.5 Å². The fourth-order valence-electron chi connectivity index (χ4n) is 15.0. The lowest BCUT2D eigenvalue weighted by atomic mass is 10.1. The molecule has 0 bridgehead atoms. The van der Waals surface area contributed by atoms with E-state index in [-0.39, 0.29) is 60.3 Å². The van der Waals surface area contributed by atoms with Crippen LogP contribution in [0.4, 0.5) is 8.78 Å². The van der Waals surface area contributed by atoms with Crippen LogP contribution in [0.3, 0.4) is 0 Å². The molecule has 0 aliphatic carbocycles. The van der Waals surface area contributed by atoms with Crippen molar-refractivity contribution in [2.75, 3.05) is 48.3 Å². The summed E-state index contributed by atoms with van der Waals surface area (Å²) >= 11 is 0. The first-order valence-electron chi connectivity index (χ1n) is 44.9. The van der Waals surface area contributed by atoms with Crippen LogP contribution >= 0.6 is 0 Å². The number of benzene rings is 5. The number of aromatic nitrogens is 19. The number of aryl methyl sites for hydroxylation is 4. The molecule has 756 valence electrons. The number of fused-ring (bicyclic) bond motifs is 6. The van der Waals surface area contributed by atoms with Gasteiger partial charge in [-0.25, -0.2) is 34.9 Å². The van der Waals surface area contributed by atoms with E-state index in [2.05, 4.69) is 99.4 Å². The van der Waals surface area contributed by atoms with Gasteiger partial charge in [0.15, 0.2) is 36.6 Å². The lowest BCUT2D eigenvalue weighted by Crippen LogP contribution is -2.06. The summed E-state index contributed by atoms with van der Waals surface area (Å²) in [6, 6.07) is 39.2. The van der Waals surface area contributed by atoms with E-state index in [0.29, 0.717) is 102 Å². The van der Waals surface area contributed by atoms with Gasteiger partial charge in [0.25, 0.3) is 0 Å². The second-order valence-electron chi connectivity index (χ2n) is 32.4. The quantitative estimate of drug-likeness (QED) is 0.0167. The Bertz CT molecular complexity index is 7280. The van der Waals surface area contributed by atoms with Crippen LogP contribution < -0.4 is 28.4 Å². The van der Waals surface area contributed by atoms with Gasteiger partial charge < -0.3 is 83.5 Å². The SMILES string of the molecule is CCOc1ccnc(CS(=O)c2nc3ccccc3[nH]2)c1C.COCCCOc1ccnc(CS(=O)c2nc3ccccc3[nH]2)c1C.COc1c(C)cnc(CS(=O)c2nc3ccc(CO)cc3[nH]2)c1C.COc1c(C)cnc(CS(=O)c2nc3nc(CO)ccc3[nH]2)c1C.COc1c(C)cnc(C[S@](=O)c2nc3ccc(CO)cc3[nH]2)c1C.Cc1ccnc(CS(=O)c2nc3ccc(OC(F)F)cc3[nH]2)c1CO. The molecule has 0 aliphatic rings. The van der Waals surface area contributed by atoms with Crippen molar-refractivity contribution in [3.05, 3.63) is 277 Å². The number of rotatable bonds is 34.